The van der Waals surface area contributed by atoms with Gasteiger partial charge in [0.25, 0.3) is 5.69 Å². The first-order valence-electron chi connectivity index (χ1n) is 8.77. The number of para-hydroxylation sites is 2. The van der Waals surface area contributed by atoms with Crippen LogP contribution in [0.25, 0.3) is 0 Å². The lowest BCUT2D eigenvalue weighted by molar-refractivity contribution is -0.385. The molecule has 0 saturated heterocycles. The topological polar surface area (TPSA) is 83.2 Å². The molecule has 0 aromatic heterocycles. The minimum Gasteiger partial charge on any atom is -0.496 e. The van der Waals surface area contributed by atoms with Crippen LogP contribution in [0, 0.1) is 10.1 Å². The Hall–Kier alpha value is -3.87. The highest BCUT2D eigenvalue weighted by Gasteiger charge is 2.26. The first kappa shape index (κ1) is 19.9. The van der Waals surface area contributed by atoms with Crippen LogP contribution in [0.5, 0.6) is 17.2 Å². The van der Waals surface area contributed by atoms with Crippen LogP contribution in [0.4, 0.5) is 11.4 Å². The Balaban J connectivity index is 2.37. The van der Waals surface area contributed by atoms with Gasteiger partial charge in [-0.2, -0.15) is 0 Å². The van der Waals surface area contributed by atoms with E-state index in [9.17, 15) is 10.1 Å². The molecule has 148 valence electrons. The lowest BCUT2D eigenvalue weighted by atomic mass is 9.98. The summed E-state index contributed by atoms with van der Waals surface area (Å²) in [6, 6.07) is 19.0. The Morgan fingerprint density at radius 1 is 0.862 bits per heavy atom. The van der Waals surface area contributed by atoms with E-state index in [2.05, 4.69) is 0 Å². The summed E-state index contributed by atoms with van der Waals surface area (Å²) in [6.45, 7) is 0. The number of nitro benzene ring substituents is 1. The number of benzene rings is 3. The van der Waals surface area contributed by atoms with Crippen LogP contribution >= 0.6 is 0 Å². The quantitative estimate of drug-likeness (QED) is 0.328. The van der Waals surface area contributed by atoms with Crippen molar-refractivity contribution in [3.8, 4) is 17.2 Å². The fourth-order valence-corrected chi connectivity index (χ4v) is 2.95. The van der Waals surface area contributed by atoms with E-state index in [-0.39, 0.29) is 5.69 Å². The predicted molar refractivity (Wildman–Crippen MR) is 111 cm³/mol. The van der Waals surface area contributed by atoms with Gasteiger partial charge in [-0.25, -0.2) is 4.99 Å². The standard InChI is InChI=1S/C22H20N2O5/c1-27-16-13-19(28-2)21(20(14-16)29-3)22(23-15-9-5-4-6-10-15)17-11-7-8-12-18(17)24(25)26/h4-14H,1-3H3. The van der Waals surface area contributed by atoms with Crippen molar-refractivity contribution < 1.29 is 19.1 Å². The van der Waals surface area contributed by atoms with Gasteiger partial charge in [0.2, 0.25) is 0 Å². The molecule has 0 spiro atoms. The van der Waals surface area contributed by atoms with Crippen molar-refractivity contribution in [2.45, 2.75) is 0 Å². The number of ether oxygens (including phenoxy) is 3. The lowest BCUT2D eigenvalue weighted by Gasteiger charge is -2.17. The van der Waals surface area contributed by atoms with Crippen molar-refractivity contribution >= 4 is 17.1 Å². The van der Waals surface area contributed by atoms with Gasteiger partial charge in [-0.1, -0.05) is 30.3 Å². The van der Waals surface area contributed by atoms with Crippen LogP contribution in [0.1, 0.15) is 11.1 Å². The molecule has 3 rings (SSSR count). The maximum atomic E-state index is 11.7. The Kier molecular flexibility index (Phi) is 6.09. The lowest BCUT2D eigenvalue weighted by Crippen LogP contribution is -2.10. The third-order valence-electron chi connectivity index (χ3n) is 4.30. The normalized spacial score (nSPS) is 11.1. The third-order valence-corrected chi connectivity index (χ3v) is 4.30. The number of methoxy groups -OCH3 is 3. The van der Waals surface area contributed by atoms with Gasteiger partial charge in [0, 0.05) is 18.2 Å². The van der Waals surface area contributed by atoms with Crippen LogP contribution in [0.15, 0.2) is 71.7 Å². The van der Waals surface area contributed by atoms with Crippen LogP contribution < -0.4 is 14.2 Å². The highest BCUT2D eigenvalue weighted by atomic mass is 16.6. The molecule has 0 atom stereocenters. The second-order valence-electron chi connectivity index (χ2n) is 5.98. The van der Waals surface area contributed by atoms with E-state index in [4.69, 9.17) is 19.2 Å². The van der Waals surface area contributed by atoms with Crippen molar-refractivity contribution in [3.63, 3.8) is 0 Å². The van der Waals surface area contributed by atoms with Gasteiger partial charge in [-0.15, -0.1) is 0 Å². The molecule has 29 heavy (non-hydrogen) atoms. The van der Waals surface area contributed by atoms with Crippen LogP contribution in [0.3, 0.4) is 0 Å². The molecule has 0 bridgehead atoms. The molecule has 0 saturated carbocycles. The Morgan fingerprint density at radius 3 is 2.00 bits per heavy atom. The molecule has 7 heteroatoms. The van der Waals surface area contributed by atoms with Crippen LogP contribution in [0.2, 0.25) is 0 Å². The monoisotopic (exact) mass is 392 g/mol. The first-order chi connectivity index (χ1) is 14.1. The molecule has 3 aromatic rings. The molecule has 0 unspecified atom stereocenters. The average Bonchev–Trinajstić information content (AvgIpc) is 2.77. The van der Waals surface area contributed by atoms with Gasteiger partial charge >= 0.3 is 0 Å². The Bertz CT molecular complexity index is 1020. The third kappa shape index (κ3) is 4.19. The SMILES string of the molecule is COc1cc(OC)c(C(=Nc2ccccc2)c2ccccc2[N+](=O)[O-])c(OC)c1. The molecule has 0 aliphatic heterocycles. The highest BCUT2D eigenvalue weighted by molar-refractivity contribution is 6.19. The van der Waals surface area contributed by atoms with Gasteiger partial charge in [-0.05, 0) is 18.2 Å². The molecule has 0 aliphatic rings. The summed E-state index contributed by atoms with van der Waals surface area (Å²) in [5, 5.41) is 11.7. The molecule has 0 radical (unpaired) electrons. The zero-order chi connectivity index (χ0) is 20.8. The van der Waals surface area contributed by atoms with E-state index in [1.165, 1.54) is 27.4 Å². The van der Waals surface area contributed by atoms with Gasteiger partial charge in [-0.3, -0.25) is 10.1 Å². The van der Waals surface area contributed by atoms with Gasteiger partial charge in [0.1, 0.15) is 17.2 Å². The number of nitrogens with zero attached hydrogens (tertiary/aromatic N) is 2. The average molecular weight is 392 g/mol. The maximum Gasteiger partial charge on any atom is 0.278 e. The predicted octanol–water partition coefficient (Wildman–Crippen LogP) is 4.79. The maximum absolute atomic E-state index is 11.7. The molecular weight excluding hydrogens is 372 g/mol. The number of rotatable bonds is 7. The number of hydrogen-bond acceptors (Lipinski definition) is 6. The van der Waals surface area contributed by atoms with E-state index in [1.807, 2.05) is 30.3 Å². The van der Waals surface area contributed by atoms with E-state index in [0.717, 1.165) is 0 Å². The number of aliphatic imine (C=N–C) groups is 1. The minimum atomic E-state index is -0.432. The summed E-state index contributed by atoms with van der Waals surface area (Å²) in [5.41, 5.74) is 1.78. The van der Waals surface area contributed by atoms with Gasteiger partial charge < -0.3 is 14.2 Å². The molecule has 3 aromatic carbocycles. The molecular formula is C22H20N2O5. The molecule has 0 N–H and O–H groups in total. The molecule has 0 amide bonds. The highest BCUT2D eigenvalue weighted by Crippen LogP contribution is 2.38. The molecule has 0 heterocycles. The first-order valence-corrected chi connectivity index (χ1v) is 8.77. The van der Waals surface area contributed by atoms with E-state index < -0.39 is 4.92 Å². The summed E-state index contributed by atoms with van der Waals surface area (Å²) < 4.78 is 16.4. The summed E-state index contributed by atoms with van der Waals surface area (Å²) in [7, 11) is 4.56. The zero-order valence-electron chi connectivity index (χ0n) is 16.3. The van der Waals surface area contributed by atoms with E-state index in [0.29, 0.717) is 39.8 Å². The van der Waals surface area contributed by atoms with Crippen LogP contribution in [-0.2, 0) is 0 Å². The van der Waals surface area contributed by atoms with E-state index >= 15 is 0 Å². The summed E-state index contributed by atoms with van der Waals surface area (Å²) in [5.74, 6) is 1.38. The van der Waals surface area contributed by atoms with E-state index in [1.54, 1.807) is 30.3 Å². The number of hydrogen-bond donors (Lipinski definition) is 0. The van der Waals surface area contributed by atoms with Crippen molar-refractivity contribution in [1.29, 1.82) is 0 Å². The van der Waals surface area contributed by atoms with Crippen molar-refractivity contribution in [1.82, 2.24) is 0 Å². The molecule has 0 fully saturated rings. The largest absolute Gasteiger partial charge is 0.496 e. The van der Waals surface area contributed by atoms with Gasteiger partial charge in [0.05, 0.1) is 48.8 Å². The summed E-state index contributed by atoms with van der Waals surface area (Å²) >= 11 is 0. The smallest absolute Gasteiger partial charge is 0.278 e. The molecule has 0 aliphatic carbocycles. The Morgan fingerprint density at radius 2 is 1.45 bits per heavy atom. The minimum absolute atomic E-state index is 0.0675. The van der Waals surface area contributed by atoms with Crippen molar-refractivity contribution in [2.75, 3.05) is 21.3 Å². The van der Waals surface area contributed by atoms with Crippen LogP contribution in [-0.4, -0.2) is 32.0 Å². The van der Waals surface area contributed by atoms with Crippen molar-refractivity contribution in [2.24, 2.45) is 4.99 Å². The molecule has 7 nitrogen and oxygen atoms in total. The van der Waals surface area contributed by atoms with Gasteiger partial charge in [0.15, 0.2) is 0 Å². The number of nitro groups is 1. The second-order valence-corrected chi connectivity index (χ2v) is 5.98. The second kappa shape index (κ2) is 8.88. The summed E-state index contributed by atoms with van der Waals surface area (Å²) in [6.07, 6.45) is 0. The Labute approximate surface area is 168 Å². The zero-order valence-corrected chi connectivity index (χ0v) is 16.3. The van der Waals surface area contributed by atoms with Crippen molar-refractivity contribution in [3.05, 3.63) is 88.0 Å². The fraction of sp³-hybridized carbons (Fsp3) is 0.136. The summed E-state index contributed by atoms with van der Waals surface area (Å²) in [4.78, 5) is 16.0. The fourth-order valence-electron chi connectivity index (χ4n) is 2.95.